The van der Waals surface area contributed by atoms with Crippen LogP contribution in [-0.4, -0.2) is 11.9 Å². The van der Waals surface area contributed by atoms with Crippen LogP contribution < -0.4 is 10.5 Å². The highest BCUT2D eigenvalue weighted by molar-refractivity contribution is 5.99. The van der Waals surface area contributed by atoms with E-state index in [-0.39, 0.29) is 18.1 Å². The van der Waals surface area contributed by atoms with Gasteiger partial charge in [-0.05, 0) is 66.8 Å². The lowest BCUT2D eigenvalue weighted by Crippen LogP contribution is -2.18. The van der Waals surface area contributed by atoms with Crippen molar-refractivity contribution in [2.45, 2.75) is 66.1 Å². The zero-order valence-corrected chi connectivity index (χ0v) is 18.5. The maximum atomic E-state index is 9.37. The summed E-state index contributed by atoms with van der Waals surface area (Å²) in [4.78, 5) is 5.52. The minimum atomic E-state index is 0.00841. The molecule has 2 aromatic carbocycles. The number of benzene rings is 2. The molecule has 0 aromatic heterocycles. The van der Waals surface area contributed by atoms with Crippen molar-refractivity contribution in [3.8, 4) is 11.8 Å². The number of ether oxygens (including phenoxy) is 1. The Morgan fingerprint density at radius 3 is 2.70 bits per heavy atom. The maximum absolute atomic E-state index is 9.37. The van der Waals surface area contributed by atoms with E-state index in [0.29, 0.717) is 23.1 Å². The van der Waals surface area contributed by atoms with E-state index in [9.17, 15) is 5.26 Å². The summed E-state index contributed by atoms with van der Waals surface area (Å²) in [5.41, 5.74) is 11.4. The predicted octanol–water partition coefficient (Wildman–Crippen LogP) is 5.26. The molecule has 5 heteroatoms. The first-order chi connectivity index (χ1) is 14.2. The van der Waals surface area contributed by atoms with Gasteiger partial charge in [-0.1, -0.05) is 50.2 Å². The number of nitrogens with two attached hydrogens (primary N) is 1. The van der Waals surface area contributed by atoms with Gasteiger partial charge in [0.05, 0.1) is 11.7 Å². The summed E-state index contributed by atoms with van der Waals surface area (Å²) >= 11 is 0. The van der Waals surface area contributed by atoms with Crippen LogP contribution in [0.1, 0.15) is 74.8 Å². The maximum Gasteiger partial charge on any atom is 0.170 e. The van der Waals surface area contributed by atoms with Gasteiger partial charge < -0.3 is 15.3 Å². The molecule has 0 fully saturated rings. The van der Waals surface area contributed by atoms with Gasteiger partial charge in [0.2, 0.25) is 0 Å². The molecule has 0 bridgehead atoms. The summed E-state index contributed by atoms with van der Waals surface area (Å²) in [6.45, 7) is 10.9. The highest BCUT2D eigenvalue weighted by atomic mass is 16.6. The summed E-state index contributed by atoms with van der Waals surface area (Å²) in [5, 5.41) is 13.5. The Hall–Kier alpha value is -3.00. The summed E-state index contributed by atoms with van der Waals surface area (Å²) < 4.78 is 5.66. The van der Waals surface area contributed by atoms with E-state index in [1.54, 1.807) is 12.1 Å². The van der Waals surface area contributed by atoms with Crippen LogP contribution in [0.2, 0.25) is 0 Å². The van der Waals surface area contributed by atoms with E-state index >= 15 is 0 Å². The molecule has 0 spiro atoms. The van der Waals surface area contributed by atoms with E-state index in [0.717, 1.165) is 24.0 Å². The first-order valence-corrected chi connectivity index (χ1v) is 10.5. The average Bonchev–Trinajstić information content (AvgIpc) is 3.13. The molecule has 1 atom stereocenters. The van der Waals surface area contributed by atoms with E-state index in [2.05, 4.69) is 38.1 Å². The minimum absolute atomic E-state index is 0.00841. The Bertz CT molecular complexity index is 981. The summed E-state index contributed by atoms with van der Waals surface area (Å²) in [6.07, 6.45) is 2.15. The second-order valence-electron chi connectivity index (χ2n) is 9.19. The van der Waals surface area contributed by atoms with E-state index in [4.69, 9.17) is 15.3 Å². The smallest absolute Gasteiger partial charge is 0.170 e. The highest BCUT2D eigenvalue weighted by Crippen LogP contribution is 2.45. The lowest BCUT2D eigenvalue weighted by Gasteiger charge is -2.28. The zero-order chi connectivity index (χ0) is 21.9. The fourth-order valence-corrected chi connectivity index (χ4v) is 4.13. The Balaban J connectivity index is 1.73. The Labute approximate surface area is 179 Å². The van der Waals surface area contributed by atoms with Crippen LogP contribution in [0.25, 0.3) is 0 Å². The summed E-state index contributed by atoms with van der Waals surface area (Å²) in [6, 6.07) is 13.9. The van der Waals surface area contributed by atoms with Crippen LogP contribution in [0.4, 0.5) is 0 Å². The first-order valence-electron chi connectivity index (χ1n) is 10.5. The van der Waals surface area contributed by atoms with Gasteiger partial charge in [-0.2, -0.15) is 5.26 Å². The molecular formula is C25H31N3O2. The Morgan fingerprint density at radius 1 is 1.27 bits per heavy atom. The molecule has 158 valence electrons. The average molecular weight is 406 g/mol. The lowest BCUT2D eigenvalue weighted by atomic mass is 9.77. The van der Waals surface area contributed by atoms with E-state index in [1.807, 2.05) is 32.0 Å². The molecule has 1 aliphatic carbocycles. The fraction of sp³-hybridized carbons (Fsp3) is 0.440. The molecule has 1 unspecified atom stereocenters. The van der Waals surface area contributed by atoms with Gasteiger partial charge in [0, 0.05) is 5.56 Å². The molecular weight excluding hydrogens is 374 g/mol. The lowest BCUT2D eigenvalue weighted by molar-refractivity contribution is 0.130. The second-order valence-corrected chi connectivity index (χ2v) is 9.19. The van der Waals surface area contributed by atoms with Crippen LogP contribution in [-0.2, 0) is 17.9 Å². The number of hydrogen-bond acceptors (Lipinski definition) is 4. The largest absolute Gasteiger partial charge is 0.490 e. The number of rotatable bonds is 6. The molecule has 0 saturated carbocycles. The van der Waals surface area contributed by atoms with Gasteiger partial charge in [0.1, 0.15) is 18.4 Å². The molecule has 0 aliphatic heterocycles. The van der Waals surface area contributed by atoms with Gasteiger partial charge in [-0.15, -0.1) is 0 Å². The molecule has 30 heavy (non-hydrogen) atoms. The molecule has 3 rings (SSSR count). The number of nitriles is 1. The molecule has 2 aromatic rings. The van der Waals surface area contributed by atoms with Crippen molar-refractivity contribution in [3.05, 3.63) is 64.2 Å². The number of hydrogen-bond donors (Lipinski definition) is 1. The third kappa shape index (κ3) is 4.76. The van der Waals surface area contributed by atoms with Crippen LogP contribution >= 0.6 is 0 Å². The fourth-order valence-electron chi connectivity index (χ4n) is 4.13. The highest BCUT2D eigenvalue weighted by Gasteiger charge is 2.33. The third-order valence-corrected chi connectivity index (χ3v) is 5.51. The number of amidine groups is 1. The molecule has 0 saturated heterocycles. The summed E-state index contributed by atoms with van der Waals surface area (Å²) in [7, 11) is 0. The van der Waals surface area contributed by atoms with Crippen LogP contribution in [0.15, 0.2) is 41.6 Å². The van der Waals surface area contributed by atoms with Crippen molar-refractivity contribution in [3.63, 3.8) is 0 Å². The van der Waals surface area contributed by atoms with Crippen molar-refractivity contribution in [2.75, 3.05) is 0 Å². The zero-order valence-electron chi connectivity index (χ0n) is 18.5. The predicted molar refractivity (Wildman–Crippen MR) is 119 cm³/mol. The van der Waals surface area contributed by atoms with Gasteiger partial charge in [0.25, 0.3) is 0 Å². The minimum Gasteiger partial charge on any atom is -0.490 e. The molecule has 0 amide bonds. The van der Waals surface area contributed by atoms with Crippen LogP contribution in [0.3, 0.4) is 0 Å². The van der Waals surface area contributed by atoms with Gasteiger partial charge in [-0.3, -0.25) is 0 Å². The molecule has 2 N–H and O–H groups in total. The third-order valence-electron chi connectivity index (χ3n) is 5.51. The topological polar surface area (TPSA) is 80.6 Å². The van der Waals surface area contributed by atoms with Crippen LogP contribution in [0.5, 0.6) is 5.75 Å². The van der Waals surface area contributed by atoms with E-state index in [1.165, 1.54) is 11.1 Å². The molecule has 0 radical (unpaired) electrons. The normalized spacial score (nSPS) is 16.3. The second kappa shape index (κ2) is 8.79. The van der Waals surface area contributed by atoms with Crippen molar-refractivity contribution < 1.29 is 9.57 Å². The Morgan fingerprint density at radius 2 is 2.03 bits per heavy atom. The van der Waals surface area contributed by atoms with Crippen LogP contribution in [0, 0.1) is 16.7 Å². The van der Waals surface area contributed by atoms with Gasteiger partial charge in [0.15, 0.2) is 5.84 Å². The van der Waals surface area contributed by atoms with Crippen molar-refractivity contribution >= 4 is 5.84 Å². The van der Waals surface area contributed by atoms with Gasteiger partial charge in [-0.25, -0.2) is 0 Å². The first kappa shape index (κ1) is 21.7. The summed E-state index contributed by atoms with van der Waals surface area (Å²) in [5.74, 6) is 1.49. The number of nitrogens with zero attached hydrogens (tertiary/aromatic N) is 2. The van der Waals surface area contributed by atoms with Gasteiger partial charge >= 0.3 is 0 Å². The van der Waals surface area contributed by atoms with Crippen molar-refractivity contribution in [2.24, 2.45) is 16.3 Å². The van der Waals surface area contributed by atoms with Crippen molar-refractivity contribution in [1.82, 2.24) is 0 Å². The molecule has 0 heterocycles. The Kier molecular flexibility index (Phi) is 6.36. The number of oxime groups is 1. The molecule has 5 nitrogen and oxygen atoms in total. The SMILES string of the molecule is CC(C)Oc1ccc(CON=C(N)c2cccc3c2CCC3C(C)(C)C)cc1C#N. The quantitative estimate of drug-likeness (QED) is 0.404. The number of fused-ring (bicyclic) bond motifs is 1. The van der Waals surface area contributed by atoms with Crippen molar-refractivity contribution in [1.29, 1.82) is 5.26 Å². The molecule has 1 aliphatic rings. The van der Waals surface area contributed by atoms with E-state index < -0.39 is 0 Å². The standard InChI is InChI=1S/C25H31N3O2/c1-16(2)30-23-12-9-17(13-18(23)14-26)15-29-28-24(27)21-8-6-7-20-19(21)10-11-22(20)25(3,4)5/h6-9,12-13,16,22H,10-11,15H2,1-5H3,(H2,27,28). The monoisotopic (exact) mass is 405 g/mol.